The summed E-state index contributed by atoms with van der Waals surface area (Å²) in [6, 6.07) is 8.13. The van der Waals surface area contributed by atoms with Crippen molar-refractivity contribution in [3.05, 3.63) is 35.8 Å². The smallest absolute Gasteiger partial charge is 0.181 e. The van der Waals surface area contributed by atoms with E-state index < -0.39 is 0 Å². The molecule has 2 aliphatic carbocycles. The Labute approximate surface area is 143 Å². The molecule has 5 nitrogen and oxygen atoms in total. The van der Waals surface area contributed by atoms with Crippen molar-refractivity contribution in [3.8, 4) is 11.5 Å². The molecule has 0 spiro atoms. The average molecular weight is 338 g/mol. The summed E-state index contributed by atoms with van der Waals surface area (Å²) >= 11 is 1.62. The number of hydrogen-bond donors (Lipinski definition) is 2. The normalized spacial score (nSPS) is 28.0. The van der Waals surface area contributed by atoms with E-state index in [0.717, 1.165) is 34.6 Å². The molecule has 3 heterocycles. The van der Waals surface area contributed by atoms with Crippen molar-refractivity contribution in [3.63, 3.8) is 0 Å². The second kappa shape index (κ2) is 5.22. The fraction of sp³-hybridized carbons (Fsp3) is 0.389. The largest absolute Gasteiger partial charge is 0.396 e. The number of nitrogens with one attached hydrogen (secondary N) is 1. The molecule has 0 radical (unpaired) electrons. The third kappa shape index (κ3) is 2.06. The number of thiophene rings is 1. The van der Waals surface area contributed by atoms with Crippen LogP contribution in [0.5, 0.6) is 0 Å². The first-order valence-corrected chi connectivity index (χ1v) is 9.22. The monoisotopic (exact) mass is 338 g/mol. The molecule has 0 amide bonds. The molecule has 2 N–H and O–H groups in total. The number of pyridine rings is 1. The van der Waals surface area contributed by atoms with Crippen LogP contribution in [0.25, 0.3) is 21.7 Å². The zero-order valence-corrected chi connectivity index (χ0v) is 14.0. The Morgan fingerprint density at radius 3 is 3.00 bits per heavy atom. The summed E-state index contributed by atoms with van der Waals surface area (Å²) in [7, 11) is 0. The number of rotatable bonds is 4. The lowest BCUT2D eigenvalue weighted by Crippen LogP contribution is -2.31. The van der Waals surface area contributed by atoms with Crippen LogP contribution in [0, 0.1) is 11.3 Å². The molecule has 3 aromatic heterocycles. The minimum absolute atomic E-state index is 0.0679. The van der Waals surface area contributed by atoms with Gasteiger partial charge in [0.15, 0.2) is 5.82 Å². The summed E-state index contributed by atoms with van der Waals surface area (Å²) in [5.41, 5.74) is 0.849. The molecule has 3 unspecified atom stereocenters. The molecule has 24 heavy (non-hydrogen) atoms. The summed E-state index contributed by atoms with van der Waals surface area (Å²) in [5, 5.41) is 16.6. The lowest BCUT2D eigenvalue weighted by atomic mass is 9.99. The summed E-state index contributed by atoms with van der Waals surface area (Å²) in [5.74, 6) is 2.19. The van der Waals surface area contributed by atoms with E-state index in [9.17, 15) is 5.11 Å². The highest BCUT2D eigenvalue weighted by Gasteiger charge is 2.62. The van der Waals surface area contributed by atoms with Crippen LogP contribution in [0.2, 0.25) is 0 Å². The molecule has 3 atom stereocenters. The first-order chi connectivity index (χ1) is 11.8. The summed E-state index contributed by atoms with van der Waals surface area (Å²) in [4.78, 5) is 14.8. The van der Waals surface area contributed by atoms with Crippen molar-refractivity contribution >= 4 is 27.4 Å². The topological polar surface area (TPSA) is 70.9 Å². The Morgan fingerprint density at radius 1 is 1.25 bits per heavy atom. The van der Waals surface area contributed by atoms with Gasteiger partial charge in [-0.3, -0.25) is 4.98 Å². The molecule has 2 aliphatic rings. The average Bonchev–Trinajstić information content (AvgIpc) is 2.98. The number of aromatic nitrogens is 3. The first-order valence-electron chi connectivity index (χ1n) is 8.34. The molecule has 2 fully saturated rings. The Bertz CT molecular complexity index is 892. The molecule has 0 aromatic carbocycles. The van der Waals surface area contributed by atoms with Crippen LogP contribution in [-0.2, 0) is 0 Å². The number of hydrogen-bond acceptors (Lipinski definition) is 6. The van der Waals surface area contributed by atoms with Gasteiger partial charge >= 0.3 is 0 Å². The standard InChI is InChI=1S/C18H18N4OS/c23-10-18-9-11(18)4-5-14(18)20-15-12-6-8-24-17(12)22-16(21-15)13-3-1-2-7-19-13/h1-3,6-8,11,14,23H,4-5,9-10H2,(H,20,21,22). The van der Waals surface area contributed by atoms with Crippen molar-refractivity contribution in [1.29, 1.82) is 0 Å². The quantitative estimate of drug-likeness (QED) is 0.763. The predicted octanol–water partition coefficient (Wildman–Crippen LogP) is 3.33. The van der Waals surface area contributed by atoms with Crippen molar-refractivity contribution < 1.29 is 5.11 Å². The summed E-state index contributed by atoms with van der Waals surface area (Å²) in [6.45, 7) is 0.264. The highest BCUT2D eigenvalue weighted by Crippen LogP contribution is 2.63. The molecule has 6 heteroatoms. The van der Waals surface area contributed by atoms with E-state index in [1.807, 2.05) is 23.6 Å². The number of nitrogens with zero attached hydrogens (tertiary/aromatic N) is 3. The van der Waals surface area contributed by atoms with E-state index in [0.29, 0.717) is 17.8 Å². The van der Waals surface area contributed by atoms with Gasteiger partial charge in [0, 0.05) is 17.7 Å². The van der Waals surface area contributed by atoms with E-state index in [1.165, 1.54) is 6.42 Å². The number of aliphatic hydroxyl groups is 1. The SMILES string of the molecule is OCC12CC1CCC2Nc1nc(-c2ccccn2)nc2sccc12. The zero-order chi connectivity index (χ0) is 16.1. The zero-order valence-electron chi connectivity index (χ0n) is 13.1. The van der Waals surface area contributed by atoms with E-state index >= 15 is 0 Å². The van der Waals surface area contributed by atoms with E-state index in [2.05, 4.69) is 21.4 Å². The van der Waals surface area contributed by atoms with Crippen LogP contribution in [-0.4, -0.2) is 32.7 Å². The van der Waals surface area contributed by atoms with Gasteiger partial charge < -0.3 is 10.4 Å². The third-order valence-electron chi connectivity index (χ3n) is 5.60. The third-order valence-corrected chi connectivity index (χ3v) is 6.41. The molecule has 0 aliphatic heterocycles. The Balaban J connectivity index is 1.56. The van der Waals surface area contributed by atoms with Gasteiger partial charge in [-0.25, -0.2) is 9.97 Å². The van der Waals surface area contributed by atoms with Crippen LogP contribution in [0.1, 0.15) is 19.3 Å². The minimum Gasteiger partial charge on any atom is -0.396 e. The van der Waals surface area contributed by atoms with E-state index in [1.54, 1.807) is 17.5 Å². The molecule has 5 rings (SSSR count). The molecular formula is C18H18N4OS. The van der Waals surface area contributed by atoms with Gasteiger partial charge in [-0.15, -0.1) is 11.3 Å². The second-order valence-electron chi connectivity index (χ2n) is 6.82. The van der Waals surface area contributed by atoms with E-state index in [4.69, 9.17) is 4.98 Å². The van der Waals surface area contributed by atoms with Crippen LogP contribution < -0.4 is 5.32 Å². The van der Waals surface area contributed by atoms with E-state index in [-0.39, 0.29) is 12.0 Å². The highest BCUT2D eigenvalue weighted by atomic mass is 32.1. The molecule has 0 saturated heterocycles. The van der Waals surface area contributed by atoms with Gasteiger partial charge in [0.2, 0.25) is 0 Å². The lowest BCUT2D eigenvalue weighted by molar-refractivity contribution is 0.196. The van der Waals surface area contributed by atoms with Crippen LogP contribution in [0.15, 0.2) is 35.8 Å². The van der Waals surface area contributed by atoms with Gasteiger partial charge in [0.1, 0.15) is 16.3 Å². The number of anilines is 1. The Kier molecular flexibility index (Phi) is 3.11. The molecule has 2 saturated carbocycles. The predicted molar refractivity (Wildman–Crippen MR) is 94.9 cm³/mol. The fourth-order valence-electron chi connectivity index (χ4n) is 4.13. The lowest BCUT2D eigenvalue weighted by Gasteiger charge is -2.23. The highest BCUT2D eigenvalue weighted by molar-refractivity contribution is 7.16. The molecule has 0 bridgehead atoms. The Morgan fingerprint density at radius 2 is 2.21 bits per heavy atom. The number of fused-ring (bicyclic) bond motifs is 2. The molecule has 122 valence electrons. The maximum Gasteiger partial charge on any atom is 0.181 e. The maximum absolute atomic E-state index is 9.84. The number of aliphatic hydroxyl groups excluding tert-OH is 1. The summed E-state index contributed by atoms with van der Waals surface area (Å²) in [6.07, 6.45) is 5.19. The van der Waals surface area contributed by atoms with Crippen molar-refractivity contribution in [2.45, 2.75) is 25.3 Å². The van der Waals surface area contributed by atoms with Crippen LogP contribution >= 0.6 is 11.3 Å². The van der Waals surface area contributed by atoms with Gasteiger partial charge in [0.05, 0.1) is 12.0 Å². The molecule has 3 aromatic rings. The Hall–Kier alpha value is -2.05. The van der Waals surface area contributed by atoms with Gasteiger partial charge in [-0.1, -0.05) is 6.07 Å². The van der Waals surface area contributed by atoms with Crippen LogP contribution in [0.4, 0.5) is 5.82 Å². The maximum atomic E-state index is 9.84. The molecular weight excluding hydrogens is 320 g/mol. The second-order valence-corrected chi connectivity index (χ2v) is 7.71. The van der Waals surface area contributed by atoms with Gasteiger partial charge in [0.25, 0.3) is 0 Å². The van der Waals surface area contributed by atoms with Gasteiger partial charge in [-0.05, 0) is 48.8 Å². The van der Waals surface area contributed by atoms with Gasteiger partial charge in [-0.2, -0.15) is 0 Å². The fourth-order valence-corrected chi connectivity index (χ4v) is 4.90. The van der Waals surface area contributed by atoms with Crippen molar-refractivity contribution in [1.82, 2.24) is 15.0 Å². The summed E-state index contributed by atoms with van der Waals surface area (Å²) < 4.78 is 0. The van der Waals surface area contributed by atoms with Crippen molar-refractivity contribution in [2.24, 2.45) is 11.3 Å². The first kappa shape index (κ1) is 14.3. The minimum atomic E-state index is 0.0679. The van der Waals surface area contributed by atoms with Crippen LogP contribution in [0.3, 0.4) is 0 Å². The van der Waals surface area contributed by atoms with Crippen molar-refractivity contribution in [2.75, 3.05) is 11.9 Å².